The van der Waals surface area contributed by atoms with Gasteiger partial charge in [0.15, 0.2) is 0 Å². The van der Waals surface area contributed by atoms with Crippen LogP contribution in [0.15, 0.2) is 0 Å². The first-order valence-corrected chi connectivity index (χ1v) is 4.97. The Morgan fingerprint density at radius 2 is 2.17 bits per heavy atom. The summed E-state index contributed by atoms with van der Waals surface area (Å²) in [6, 6.07) is 0.962. The largest absolute Gasteiger partial charge is 0.329 e. The topological polar surface area (TPSA) is 55.3 Å². The van der Waals surface area contributed by atoms with Crippen LogP contribution in [0.5, 0.6) is 0 Å². The number of nitrogens with two attached hydrogens (primary N) is 2. The van der Waals surface area contributed by atoms with Crippen molar-refractivity contribution in [1.82, 2.24) is 4.90 Å². The van der Waals surface area contributed by atoms with Gasteiger partial charge in [-0.15, -0.1) is 0 Å². The lowest BCUT2D eigenvalue weighted by Crippen LogP contribution is -2.51. The molecule has 0 aromatic heterocycles. The van der Waals surface area contributed by atoms with Gasteiger partial charge < -0.3 is 11.5 Å². The van der Waals surface area contributed by atoms with Gasteiger partial charge in [-0.1, -0.05) is 6.92 Å². The molecule has 4 N–H and O–H groups in total. The molecule has 1 saturated heterocycles. The van der Waals surface area contributed by atoms with E-state index in [1.54, 1.807) is 0 Å². The molecule has 1 heterocycles. The van der Waals surface area contributed by atoms with Crippen LogP contribution in [0.1, 0.15) is 26.2 Å². The summed E-state index contributed by atoms with van der Waals surface area (Å²) in [5.74, 6) is 0. The van der Waals surface area contributed by atoms with Crippen LogP contribution in [0.4, 0.5) is 0 Å². The Morgan fingerprint density at radius 1 is 1.42 bits per heavy atom. The van der Waals surface area contributed by atoms with E-state index in [1.165, 1.54) is 12.8 Å². The monoisotopic (exact) mass is 171 g/mol. The van der Waals surface area contributed by atoms with Gasteiger partial charge in [0.1, 0.15) is 0 Å². The Labute approximate surface area is 75.1 Å². The fourth-order valence-corrected chi connectivity index (χ4v) is 1.96. The summed E-state index contributed by atoms with van der Waals surface area (Å²) in [5, 5.41) is 0. The lowest BCUT2D eigenvalue weighted by molar-refractivity contribution is 0.138. The maximum absolute atomic E-state index is 5.89. The second-order valence-corrected chi connectivity index (χ2v) is 3.72. The number of piperidine rings is 1. The summed E-state index contributed by atoms with van der Waals surface area (Å²) < 4.78 is 0. The second-order valence-electron chi connectivity index (χ2n) is 3.72. The Kier molecular flexibility index (Phi) is 3.98. The van der Waals surface area contributed by atoms with Crippen molar-refractivity contribution in [3.63, 3.8) is 0 Å². The van der Waals surface area contributed by atoms with Crippen LogP contribution >= 0.6 is 0 Å². The Balaban J connectivity index is 2.40. The van der Waals surface area contributed by atoms with Crippen molar-refractivity contribution < 1.29 is 0 Å². The number of likely N-dealkylation sites (tertiary alicyclic amines) is 1. The molecule has 0 aliphatic carbocycles. The maximum atomic E-state index is 5.89. The third-order valence-corrected chi connectivity index (χ3v) is 2.64. The Morgan fingerprint density at radius 3 is 2.75 bits per heavy atom. The summed E-state index contributed by atoms with van der Waals surface area (Å²) in [7, 11) is 0. The fourth-order valence-electron chi connectivity index (χ4n) is 1.96. The zero-order valence-corrected chi connectivity index (χ0v) is 8.00. The van der Waals surface area contributed by atoms with Crippen LogP contribution in [-0.2, 0) is 0 Å². The fraction of sp³-hybridized carbons (Fsp3) is 1.00. The number of hydrogen-bond acceptors (Lipinski definition) is 3. The molecular formula is C9H21N3. The van der Waals surface area contributed by atoms with Gasteiger partial charge in [0.25, 0.3) is 0 Å². The molecule has 1 rings (SSSR count). The Hall–Kier alpha value is -0.120. The molecule has 12 heavy (non-hydrogen) atoms. The zero-order valence-electron chi connectivity index (χ0n) is 8.00. The van der Waals surface area contributed by atoms with Gasteiger partial charge in [0.2, 0.25) is 0 Å². The summed E-state index contributed by atoms with van der Waals surface area (Å²) in [6.45, 7) is 5.17. The third-order valence-electron chi connectivity index (χ3n) is 2.64. The van der Waals surface area contributed by atoms with E-state index in [0.717, 1.165) is 26.1 Å². The molecule has 0 bridgehead atoms. The average molecular weight is 171 g/mol. The second kappa shape index (κ2) is 4.80. The van der Waals surface area contributed by atoms with Crippen LogP contribution in [-0.4, -0.2) is 36.6 Å². The highest BCUT2D eigenvalue weighted by Crippen LogP contribution is 2.15. The van der Waals surface area contributed by atoms with E-state index in [-0.39, 0.29) is 0 Å². The van der Waals surface area contributed by atoms with Gasteiger partial charge in [-0.25, -0.2) is 0 Å². The van der Waals surface area contributed by atoms with E-state index in [4.69, 9.17) is 11.5 Å². The highest BCUT2D eigenvalue weighted by molar-refractivity contribution is 4.83. The normalized spacial score (nSPS) is 32.2. The van der Waals surface area contributed by atoms with E-state index in [9.17, 15) is 0 Å². The van der Waals surface area contributed by atoms with Gasteiger partial charge in [0.05, 0.1) is 0 Å². The first kappa shape index (κ1) is 9.96. The van der Waals surface area contributed by atoms with Gasteiger partial charge in [-0.05, 0) is 25.8 Å². The Bertz CT molecular complexity index is 127. The minimum atomic E-state index is 0.374. The summed E-state index contributed by atoms with van der Waals surface area (Å²) in [5.41, 5.74) is 11.6. The van der Waals surface area contributed by atoms with Crippen LogP contribution in [0.2, 0.25) is 0 Å². The third kappa shape index (κ3) is 2.44. The van der Waals surface area contributed by atoms with Crippen LogP contribution in [0.25, 0.3) is 0 Å². The number of rotatable bonds is 3. The van der Waals surface area contributed by atoms with E-state index >= 15 is 0 Å². The lowest BCUT2D eigenvalue weighted by atomic mass is 9.99. The molecule has 0 amide bonds. The molecule has 0 radical (unpaired) electrons. The van der Waals surface area contributed by atoms with Crippen molar-refractivity contribution in [3.05, 3.63) is 0 Å². The van der Waals surface area contributed by atoms with E-state index in [0.29, 0.717) is 12.1 Å². The molecule has 0 saturated carbocycles. The van der Waals surface area contributed by atoms with Crippen molar-refractivity contribution in [1.29, 1.82) is 0 Å². The maximum Gasteiger partial charge on any atom is 0.0219 e. The van der Waals surface area contributed by atoms with Crippen molar-refractivity contribution >= 4 is 0 Å². The zero-order chi connectivity index (χ0) is 8.97. The summed E-state index contributed by atoms with van der Waals surface area (Å²) >= 11 is 0. The quantitative estimate of drug-likeness (QED) is 0.635. The first-order chi connectivity index (χ1) is 5.77. The lowest BCUT2D eigenvalue weighted by Gasteiger charge is -2.37. The van der Waals surface area contributed by atoms with E-state index < -0.39 is 0 Å². The van der Waals surface area contributed by atoms with Crippen LogP contribution in [0.3, 0.4) is 0 Å². The van der Waals surface area contributed by atoms with Crippen LogP contribution < -0.4 is 11.5 Å². The molecule has 1 aliphatic heterocycles. The highest BCUT2D eigenvalue weighted by atomic mass is 15.2. The smallest absolute Gasteiger partial charge is 0.0219 e. The summed E-state index contributed by atoms with van der Waals surface area (Å²) in [4.78, 5) is 2.44. The van der Waals surface area contributed by atoms with Gasteiger partial charge in [0, 0.05) is 25.2 Å². The molecule has 0 aromatic rings. The minimum Gasteiger partial charge on any atom is -0.329 e. The van der Waals surface area contributed by atoms with E-state index in [1.807, 2.05) is 0 Å². The molecule has 72 valence electrons. The highest BCUT2D eigenvalue weighted by Gasteiger charge is 2.24. The summed E-state index contributed by atoms with van der Waals surface area (Å²) in [6.07, 6.45) is 3.52. The molecule has 1 fully saturated rings. The van der Waals surface area contributed by atoms with Gasteiger partial charge in [-0.3, -0.25) is 4.90 Å². The molecule has 3 nitrogen and oxygen atoms in total. The van der Waals surface area contributed by atoms with Crippen LogP contribution in [0, 0.1) is 0 Å². The molecule has 1 aliphatic rings. The number of hydrogen-bond donors (Lipinski definition) is 2. The molecule has 2 unspecified atom stereocenters. The predicted octanol–water partition coefficient (Wildman–Crippen LogP) is 0.147. The molecule has 2 atom stereocenters. The standard InChI is InChI=1S/C9H21N3/c1-2-5-12-7-8(11)3-4-9(12)6-10/h8-9H,2-7,10-11H2,1H3. The van der Waals surface area contributed by atoms with Gasteiger partial charge >= 0.3 is 0 Å². The van der Waals surface area contributed by atoms with Crippen molar-refractivity contribution in [2.24, 2.45) is 11.5 Å². The van der Waals surface area contributed by atoms with E-state index in [2.05, 4.69) is 11.8 Å². The first-order valence-electron chi connectivity index (χ1n) is 4.97. The van der Waals surface area contributed by atoms with Crippen molar-refractivity contribution in [2.75, 3.05) is 19.6 Å². The molecular weight excluding hydrogens is 150 g/mol. The predicted molar refractivity (Wildman–Crippen MR) is 51.9 cm³/mol. The minimum absolute atomic E-state index is 0.374. The number of nitrogens with zero attached hydrogens (tertiary/aromatic N) is 1. The molecule has 3 heteroatoms. The molecule has 0 aromatic carbocycles. The van der Waals surface area contributed by atoms with Crippen molar-refractivity contribution in [2.45, 2.75) is 38.3 Å². The average Bonchev–Trinajstić information content (AvgIpc) is 2.05. The molecule has 0 spiro atoms. The van der Waals surface area contributed by atoms with Crippen molar-refractivity contribution in [3.8, 4) is 0 Å². The SMILES string of the molecule is CCCN1CC(N)CCC1CN. The van der Waals surface area contributed by atoms with Gasteiger partial charge in [-0.2, -0.15) is 0 Å².